The number of carbonyl (C=O) groups excluding carboxylic acids is 4. The van der Waals surface area contributed by atoms with Gasteiger partial charge in [0.2, 0.25) is 40.1 Å². The molecule has 0 aliphatic carbocycles. The third kappa shape index (κ3) is 20.1. The average molecular weight is 1720 g/mol. The molecule has 0 saturated heterocycles. The standard InChI is InChI=1S/2C21H24N4O4S.C20H19FN4O4S.C20H22N4O4S.CH4/c1-5-21(3,27)18-9-8-16-17(30(28,29)24-18)12-25(4)19(16)20(26)23-15-7-6-13(2)14(10-15)11-22;1-4-5-18(26)17-9-8-16-19(30(28,29)24-17)12-25(3)20(16)21(27)23-15-7-6-13(2)14(10-15)11-22;1-4-20(2,27)17-8-6-14-16(30(28,29)24-17)11-25(3)18(14)19(26)23-13-5-7-15(21)12(9-13)10-22;1-4-20(12-25)8-7-16-17(29(27,28)23-20)11-24(3)18(16)19(26)22-15-6-5-13(2)14(9-15)10-21;/h5-7,10,12,18,24,27H,1,8-9H2,2-4H3,(H,23,26);4,6-7,10,12,17-18,24,26H,1,5,8-9H2,2-3H3,(H,23,27);1,5,7,9,11,17,24,27H,6,8H2,2-3H3,(H,23,26);4-6,9,11,23,25H,1,7-8,12H2,2-3H3,(H,22,26);1H4. The number of terminal acetylenes is 1. The van der Waals surface area contributed by atoms with E-state index in [1.807, 2.05) is 0 Å². The van der Waals surface area contributed by atoms with Gasteiger partial charge in [-0.1, -0.05) is 49.8 Å². The second-order valence-corrected chi connectivity index (χ2v) is 36.1. The summed E-state index contributed by atoms with van der Waals surface area (Å²) in [6.07, 6.45) is 16.5. The minimum absolute atomic E-state index is 0. The van der Waals surface area contributed by atoms with Crippen molar-refractivity contribution in [1.29, 1.82) is 21.0 Å². The minimum atomic E-state index is -4.04. The number of fused-ring (bicyclic) bond motifs is 4. The minimum Gasteiger partial charge on any atom is -0.394 e. The number of aryl methyl sites for hydroxylation is 7. The Balaban J connectivity index is 0.000000199. The van der Waals surface area contributed by atoms with Gasteiger partial charge in [-0.2, -0.15) is 25.8 Å². The van der Waals surface area contributed by atoms with Crippen LogP contribution in [0.1, 0.15) is 157 Å². The summed E-state index contributed by atoms with van der Waals surface area (Å²) in [6.45, 7) is 18.6. The molecule has 7 atom stereocenters. The van der Waals surface area contributed by atoms with Crippen LogP contribution in [0.4, 0.5) is 27.1 Å². The molecule has 0 saturated carbocycles. The van der Waals surface area contributed by atoms with E-state index in [0.717, 1.165) is 22.8 Å². The molecule has 4 aliphatic heterocycles. The fourth-order valence-electron chi connectivity index (χ4n) is 14.1. The first kappa shape index (κ1) is 93.5. The summed E-state index contributed by atoms with van der Waals surface area (Å²) in [5.74, 6) is -0.577. The van der Waals surface area contributed by atoms with Crippen LogP contribution in [0.5, 0.6) is 0 Å². The predicted molar refractivity (Wildman–Crippen MR) is 446 cm³/mol. The highest BCUT2D eigenvalue weighted by atomic mass is 32.2. The number of amides is 4. The third-order valence-corrected chi connectivity index (χ3v) is 27.2. The van der Waals surface area contributed by atoms with Crippen molar-refractivity contribution in [2.24, 2.45) is 28.2 Å². The number of aromatic nitrogens is 4. The number of sulfonamides is 4. The molecule has 0 bridgehead atoms. The molecule has 0 fully saturated rings. The zero-order valence-electron chi connectivity index (χ0n) is 66.3. The number of benzene rings is 4. The Morgan fingerprint density at radius 2 is 0.892 bits per heavy atom. The SMILES string of the molecule is C.C#CC(C)(O)C1CCc2c(cn(C)c2C(=O)Nc2ccc(F)c(C#N)c2)S(=O)(=O)N1.C=CC(C)(O)C1CCc2c(cn(C)c2C(=O)Nc2ccc(C)c(C#N)c2)S(=O)(=O)N1.C=CC1(CO)CCc2c(cn(C)c2C(=O)Nc2ccc(C)c(C#N)c2)S(=O)(=O)N1.C=CCC(O)C1CCc2c(cn(C)c2C(=O)Nc2ccc(C)c(C#N)c2)S(=O)(=O)N1. The normalized spacial score (nSPS) is 19.3. The predicted octanol–water partition coefficient (Wildman–Crippen LogP) is 7.48. The highest BCUT2D eigenvalue weighted by Crippen LogP contribution is 2.37. The van der Waals surface area contributed by atoms with Crippen LogP contribution in [0.2, 0.25) is 0 Å². The first-order valence-corrected chi connectivity index (χ1v) is 42.7. The number of hydrogen-bond donors (Lipinski definition) is 12. The second kappa shape index (κ2) is 37.1. The Morgan fingerprint density at radius 3 is 1.24 bits per heavy atom. The summed E-state index contributed by atoms with van der Waals surface area (Å²) in [6, 6.07) is 24.1. The monoisotopic (exact) mass is 1720 g/mol. The highest BCUT2D eigenvalue weighted by Gasteiger charge is 2.43. The van der Waals surface area contributed by atoms with E-state index < -0.39 is 117 Å². The van der Waals surface area contributed by atoms with Crippen LogP contribution < -0.4 is 40.2 Å². The number of aliphatic hydroxyl groups is 4. The molecule has 0 radical (unpaired) electrons. The lowest BCUT2D eigenvalue weighted by Gasteiger charge is -2.29. The molecule has 4 aromatic heterocycles. The Bertz CT molecular complexity index is 6160. The van der Waals surface area contributed by atoms with Gasteiger partial charge in [0.05, 0.1) is 76.4 Å². The van der Waals surface area contributed by atoms with E-state index in [2.05, 4.69) is 84.0 Å². The van der Waals surface area contributed by atoms with Crippen LogP contribution >= 0.6 is 0 Å². The fourth-order valence-corrected chi connectivity index (χ4v) is 20.8. The van der Waals surface area contributed by atoms with Crippen molar-refractivity contribution in [3.05, 3.63) is 225 Å². The molecule has 0 spiro atoms. The third-order valence-electron chi connectivity index (χ3n) is 21.0. The number of rotatable bonds is 16. The topological polar surface area (TPSA) is 497 Å². The van der Waals surface area contributed by atoms with Gasteiger partial charge < -0.3 is 60.0 Å². The Kier molecular flexibility index (Phi) is 28.9. The lowest BCUT2D eigenvalue weighted by Crippen LogP contribution is -2.49. The summed E-state index contributed by atoms with van der Waals surface area (Å²) < 4.78 is 132. The second-order valence-electron chi connectivity index (χ2n) is 29.4. The van der Waals surface area contributed by atoms with E-state index in [4.69, 9.17) is 11.7 Å². The lowest BCUT2D eigenvalue weighted by atomic mass is 9.92. The van der Waals surface area contributed by atoms with E-state index in [1.165, 1.54) is 94.3 Å². The number of nitriles is 4. The van der Waals surface area contributed by atoms with Crippen molar-refractivity contribution in [3.8, 4) is 36.6 Å². The van der Waals surface area contributed by atoms with Gasteiger partial charge in [-0.25, -0.2) is 52.2 Å². The zero-order chi connectivity index (χ0) is 88.0. The fraction of sp³-hybridized carbons (Fsp3) is 0.325. The summed E-state index contributed by atoms with van der Waals surface area (Å²) >= 11 is 0. The largest absolute Gasteiger partial charge is 0.394 e. The maximum Gasteiger partial charge on any atom is 0.272 e. The molecule has 12 rings (SSSR count). The molecule has 8 heterocycles. The molecule has 4 aromatic carbocycles. The quantitative estimate of drug-likeness (QED) is 0.0329. The van der Waals surface area contributed by atoms with Gasteiger partial charge in [0.15, 0.2) is 0 Å². The lowest BCUT2D eigenvalue weighted by molar-refractivity contribution is 0.0730. The van der Waals surface area contributed by atoms with Crippen LogP contribution in [0.15, 0.2) is 155 Å². The van der Waals surface area contributed by atoms with Crippen LogP contribution in [0.3, 0.4) is 0 Å². The van der Waals surface area contributed by atoms with E-state index in [9.17, 15) is 93.5 Å². The van der Waals surface area contributed by atoms with E-state index in [1.54, 1.807) is 103 Å². The molecule has 12 N–H and O–H groups in total. The van der Waals surface area contributed by atoms with Crippen molar-refractivity contribution in [2.75, 3.05) is 27.9 Å². The molecular weight excluding hydrogens is 1620 g/mol. The molecule has 37 heteroatoms. The van der Waals surface area contributed by atoms with Crippen molar-refractivity contribution < 1.29 is 77.7 Å². The van der Waals surface area contributed by atoms with E-state index in [-0.39, 0.29) is 105 Å². The van der Waals surface area contributed by atoms with Gasteiger partial charge in [-0.05, 0) is 164 Å². The van der Waals surface area contributed by atoms with Gasteiger partial charge in [0.1, 0.15) is 59.8 Å². The van der Waals surface area contributed by atoms with Gasteiger partial charge in [-0.15, -0.1) is 26.2 Å². The number of nitrogens with one attached hydrogen (secondary N) is 8. The number of nitrogens with zero attached hydrogens (tertiary/aromatic N) is 8. The van der Waals surface area contributed by atoms with E-state index in [0.29, 0.717) is 69.7 Å². The van der Waals surface area contributed by atoms with Crippen molar-refractivity contribution >= 4 is 86.5 Å². The smallest absolute Gasteiger partial charge is 0.272 e. The Hall–Kier alpha value is -12.0. The summed E-state index contributed by atoms with van der Waals surface area (Å²) in [4.78, 5) is 51.9. The summed E-state index contributed by atoms with van der Waals surface area (Å²) in [5, 5.41) is 88.0. The highest BCUT2D eigenvalue weighted by molar-refractivity contribution is 7.90. The van der Waals surface area contributed by atoms with Crippen LogP contribution in [-0.2, 0) is 94.0 Å². The van der Waals surface area contributed by atoms with Gasteiger partial charge in [0.25, 0.3) is 23.6 Å². The number of halogens is 1. The molecular formula is C83H93FN16O16S4. The molecule has 8 aromatic rings. The first-order valence-electron chi connectivity index (χ1n) is 36.7. The summed E-state index contributed by atoms with van der Waals surface area (Å²) in [7, 11) is -9.51. The zero-order valence-corrected chi connectivity index (χ0v) is 69.6. The van der Waals surface area contributed by atoms with Gasteiger partial charge in [-0.3, -0.25) is 19.2 Å². The molecule has 32 nitrogen and oxygen atoms in total. The van der Waals surface area contributed by atoms with Crippen LogP contribution in [0, 0.1) is 84.3 Å². The molecule has 120 heavy (non-hydrogen) atoms. The van der Waals surface area contributed by atoms with Crippen molar-refractivity contribution in [2.45, 2.75) is 160 Å². The number of carbonyl (C=O) groups is 4. The Labute approximate surface area is 696 Å². The Morgan fingerprint density at radius 1 is 0.558 bits per heavy atom. The number of aliphatic hydroxyl groups excluding tert-OH is 2. The summed E-state index contributed by atoms with van der Waals surface area (Å²) in [5.41, 5.74) is 2.89. The van der Waals surface area contributed by atoms with Crippen molar-refractivity contribution in [1.82, 2.24) is 37.2 Å². The van der Waals surface area contributed by atoms with E-state index >= 15 is 0 Å². The molecule has 4 amide bonds. The molecule has 632 valence electrons. The average Bonchev–Trinajstić information content (AvgIpc) is 1.65. The number of anilines is 4. The molecule has 7 unspecified atom stereocenters. The first-order chi connectivity index (χ1) is 55.8. The van der Waals surface area contributed by atoms with Crippen LogP contribution in [0.25, 0.3) is 0 Å². The maximum absolute atomic E-state index is 13.5. The number of hydrogen-bond acceptors (Lipinski definition) is 20. The van der Waals surface area contributed by atoms with Gasteiger partial charge >= 0.3 is 0 Å². The maximum atomic E-state index is 13.5. The van der Waals surface area contributed by atoms with Gasteiger partial charge in [0, 0.05) is 104 Å². The van der Waals surface area contributed by atoms with Crippen molar-refractivity contribution in [3.63, 3.8) is 0 Å². The van der Waals surface area contributed by atoms with Crippen LogP contribution in [-0.4, -0.2) is 144 Å². The molecule has 4 aliphatic rings.